The summed E-state index contributed by atoms with van der Waals surface area (Å²) in [4.78, 5) is 10.2. The number of non-ortho nitro benzene ring substituents is 1. The minimum atomic E-state index is -0.386. The summed E-state index contributed by atoms with van der Waals surface area (Å²) in [6.07, 6.45) is 0. The maximum atomic E-state index is 10.6. The Morgan fingerprint density at radius 1 is 1.20 bits per heavy atom. The van der Waals surface area contributed by atoms with E-state index in [0.29, 0.717) is 0 Å². The van der Waals surface area contributed by atoms with Gasteiger partial charge >= 0.3 is 0 Å². The highest BCUT2D eigenvalue weighted by Crippen LogP contribution is 2.20. The first-order valence-corrected chi connectivity index (χ1v) is 7.08. The summed E-state index contributed by atoms with van der Waals surface area (Å²) in [6.45, 7) is 2.78. The van der Waals surface area contributed by atoms with Crippen LogP contribution in [0.25, 0.3) is 0 Å². The SMILES string of the molecule is CC(NCc1ccccc1Br)c1ccc([N+](=O)[O-])cc1. The first-order chi connectivity index (χ1) is 9.58. The van der Waals surface area contributed by atoms with Crippen LogP contribution in [-0.2, 0) is 6.54 Å². The summed E-state index contributed by atoms with van der Waals surface area (Å²) in [5, 5.41) is 14.0. The highest BCUT2D eigenvalue weighted by molar-refractivity contribution is 9.10. The minimum absolute atomic E-state index is 0.117. The van der Waals surface area contributed by atoms with Crippen LogP contribution in [-0.4, -0.2) is 4.92 Å². The van der Waals surface area contributed by atoms with Gasteiger partial charge in [0.2, 0.25) is 0 Å². The van der Waals surface area contributed by atoms with Gasteiger partial charge in [0.15, 0.2) is 0 Å². The van der Waals surface area contributed by atoms with Gasteiger partial charge in [0.05, 0.1) is 4.92 Å². The molecule has 2 aromatic rings. The van der Waals surface area contributed by atoms with Crippen molar-refractivity contribution in [3.05, 3.63) is 74.2 Å². The molecule has 0 aliphatic rings. The maximum absolute atomic E-state index is 10.6. The molecule has 0 bridgehead atoms. The van der Waals surface area contributed by atoms with Gasteiger partial charge < -0.3 is 5.32 Å². The van der Waals surface area contributed by atoms with Crippen LogP contribution < -0.4 is 5.32 Å². The van der Waals surface area contributed by atoms with Crippen molar-refractivity contribution in [3.63, 3.8) is 0 Å². The van der Waals surface area contributed by atoms with E-state index >= 15 is 0 Å². The van der Waals surface area contributed by atoms with Crippen molar-refractivity contribution >= 4 is 21.6 Å². The number of rotatable bonds is 5. The molecule has 2 aromatic carbocycles. The van der Waals surface area contributed by atoms with Gasteiger partial charge in [0.1, 0.15) is 0 Å². The molecule has 5 heteroatoms. The number of nitrogens with one attached hydrogen (secondary N) is 1. The second kappa shape index (κ2) is 6.63. The molecule has 0 saturated carbocycles. The molecular formula is C15H15BrN2O2. The van der Waals surface area contributed by atoms with E-state index in [4.69, 9.17) is 0 Å². The molecule has 2 rings (SSSR count). The van der Waals surface area contributed by atoms with Crippen molar-refractivity contribution in [2.45, 2.75) is 19.5 Å². The lowest BCUT2D eigenvalue weighted by Gasteiger charge is -2.15. The van der Waals surface area contributed by atoms with Crippen molar-refractivity contribution in [2.24, 2.45) is 0 Å². The monoisotopic (exact) mass is 334 g/mol. The zero-order valence-electron chi connectivity index (χ0n) is 11.0. The Morgan fingerprint density at radius 3 is 2.45 bits per heavy atom. The van der Waals surface area contributed by atoms with Crippen LogP contribution in [0, 0.1) is 10.1 Å². The summed E-state index contributed by atoms with van der Waals surface area (Å²) < 4.78 is 1.07. The molecular weight excluding hydrogens is 320 g/mol. The summed E-state index contributed by atoms with van der Waals surface area (Å²) in [7, 11) is 0. The van der Waals surface area contributed by atoms with Crippen LogP contribution in [0.5, 0.6) is 0 Å². The highest BCUT2D eigenvalue weighted by atomic mass is 79.9. The van der Waals surface area contributed by atoms with Crippen molar-refractivity contribution in [1.29, 1.82) is 0 Å². The first-order valence-electron chi connectivity index (χ1n) is 6.29. The highest BCUT2D eigenvalue weighted by Gasteiger charge is 2.09. The largest absolute Gasteiger partial charge is 0.306 e. The molecule has 20 heavy (non-hydrogen) atoms. The van der Waals surface area contributed by atoms with Gasteiger partial charge in [-0.25, -0.2) is 0 Å². The van der Waals surface area contributed by atoms with E-state index in [1.165, 1.54) is 17.7 Å². The number of hydrogen-bond acceptors (Lipinski definition) is 3. The summed E-state index contributed by atoms with van der Waals surface area (Å²) in [6, 6.07) is 14.8. The Morgan fingerprint density at radius 2 is 1.85 bits per heavy atom. The van der Waals surface area contributed by atoms with E-state index in [1.807, 2.05) is 25.1 Å². The molecule has 0 saturated heterocycles. The molecule has 0 fully saturated rings. The molecule has 0 aliphatic carbocycles. The van der Waals surface area contributed by atoms with Gasteiger partial charge in [0.25, 0.3) is 5.69 Å². The molecule has 0 radical (unpaired) electrons. The van der Waals surface area contributed by atoms with Crippen molar-refractivity contribution in [3.8, 4) is 0 Å². The molecule has 0 amide bonds. The Labute approximate surface area is 126 Å². The third-order valence-electron chi connectivity index (χ3n) is 3.16. The van der Waals surface area contributed by atoms with Gasteiger partial charge in [-0.15, -0.1) is 0 Å². The van der Waals surface area contributed by atoms with Gasteiger partial charge in [0, 0.05) is 29.2 Å². The summed E-state index contributed by atoms with van der Waals surface area (Å²) >= 11 is 3.51. The number of nitro groups is 1. The van der Waals surface area contributed by atoms with Crippen LogP contribution in [0.3, 0.4) is 0 Å². The molecule has 1 atom stereocenters. The smallest absolute Gasteiger partial charge is 0.269 e. The molecule has 0 heterocycles. The Kier molecular flexibility index (Phi) is 4.87. The fraction of sp³-hybridized carbons (Fsp3) is 0.200. The second-order valence-electron chi connectivity index (χ2n) is 4.54. The Balaban J connectivity index is 2.00. The van der Waals surface area contributed by atoms with Gasteiger partial charge in [-0.05, 0) is 24.1 Å². The maximum Gasteiger partial charge on any atom is 0.269 e. The van der Waals surface area contributed by atoms with Gasteiger partial charge in [-0.2, -0.15) is 0 Å². The van der Waals surface area contributed by atoms with Crippen molar-refractivity contribution in [2.75, 3.05) is 0 Å². The first kappa shape index (κ1) is 14.7. The summed E-state index contributed by atoms with van der Waals surface area (Å²) in [5.41, 5.74) is 2.33. The fourth-order valence-corrected chi connectivity index (χ4v) is 2.33. The lowest BCUT2D eigenvalue weighted by atomic mass is 10.1. The normalized spacial score (nSPS) is 12.1. The van der Waals surface area contributed by atoms with Gasteiger partial charge in [-0.1, -0.05) is 46.3 Å². The van der Waals surface area contributed by atoms with Crippen molar-refractivity contribution in [1.82, 2.24) is 5.32 Å². The third kappa shape index (κ3) is 3.65. The summed E-state index contributed by atoms with van der Waals surface area (Å²) in [5.74, 6) is 0. The van der Waals surface area contributed by atoms with Crippen LogP contribution >= 0.6 is 15.9 Å². The number of nitrogens with zero attached hydrogens (tertiary/aromatic N) is 1. The van der Waals surface area contributed by atoms with Crippen LogP contribution in [0.2, 0.25) is 0 Å². The zero-order chi connectivity index (χ0) is 14.5. The molecule has 104 valence electrons. The van der Waals surface area contributed by atoms with E-state index in [9.17, 15) is 10.1 Å². The molecule has 1 N–H and O–H groups in total. The van der Waals surface area contributed by atoms with Crippen LogP contribution in [0.4, 0.5) is 5.69 Å². The average Bonchev–Trinajstić information content (AvgIpc) is 2.46. The predicted octanol–water partition coefficient (Wildman–Crippen LogP) is 4.21. The quantitative estimate of drug-likeness (QED) is 0.658. The lowest BCUT2D eigenvalue weighted by molar-refractivity contribution is -0.384. The molecule has 0 spiro atoms. The Bertz CT molecular complexity index is 599. The standard InChI is InChI=1S/C15H15BrN2O2/c1-11(12-6-8-14(9-7-12)18(19)20)17-10-13-4-2-3-5-15(13)16/h2-9,11,17H,10H2,1H3. The third-order valence-corrected chi connectivity index (χ3v) is 3.93. The predicted molar refractivity (Wildman–Crippen MR) is 82.5 cm³/mol. The fourth-order valence-electron chi connectivity index (χ4n) is 1.91. The topological polar surface area (TPSA) is 55.2 Å². The van der Waals surface area contributed by atoms with E-state index in [1.54, 1.807) is 12.1 Å². The Hall–Kier alpha value is -1.72. The lowest BCUT2D eigenvalue weighted by Crippen LogP contribution is -2.18. The number of nitro benzene ring substituents is 1. The number of halogens is 1. The zero-order valence-corrected chi connectivity index (χ0v) is 12.6. The molecule has 0 aromatic heterocycles. The second-order valence-corrected chi connectivity index (χ2v) is 5.40. The molecule has 1 unspecified atom stereocenters. The van der Waals surface area contributed by atoms with E-state index in [2.05, 4.69) is 27.3 Å². The van der Waals surface area contributed by atoms with E-state index < -0.39 is 0 Å². The van der Waals surface area contributed by atoms with Gasteiger partial charge in [-0.3, -0.25) is 10.1 Å². The molecule has 0 aliphatic heterocycles. The van der Waals surface area contributed by atoms with E-state index in [0.717, 1.165) is 16.6 Å². The van der Waals surface area contributed by atoms with Crippen LogP contribution in [0.1, 0.15) is 24.1 Å². The number of benzene rings is 2. The molecule has 4 nitrogen and oxygen atoms in total. The number of hydrogen-bond donors (Lipinski definition) is 1. The van der Waals surface area contributed by atoms with E-state index in [-0.39, 0.29) is 16.7 Å². The van der Waals surface area contributed by atoms with Crippen molar-refractivity contribution < 1.29 is 4.92 Å². The van der Waals surface area contributed by atoms with Crippen LogP contribution in [0.15, 0.2) is 53.0 Å². The average molecular weight is 335 g/mol. The minimum Gasteiger partial charge on any atom is -0.306 e.